The van der Waals surface area contributed by atoms with Crippen LogP contribution >= 0.6 is 11.3 Å². The molecule has 3 N–H and O–H groups in total. The lowest BCUT2D eigenvalue weighted by Crippen LogP contribution is -2.50. The average molecular weight is 260 g/mol. The molecule has 4 nitrogen and oxygen atoms in total. The summed E-state index contributed by atoms with van der Waals surface area (Å²) < 4.78 is 27.2. The van der Waals surface area contributed by atoms with Crippen LogP contribution in [0.1, 0.15) is 31.1 Å². The van der Waals surface area contributed by atoms with Crippen molar-refractivity contribution in [2.45, 2.75) is 42.5 Å². The third-order valence-electron chi connectivity index (χ3n) is 2.94. The largest absolute Gasteiger partial charge is 0.326 e. The van der Waals surface area contributed by atoms with Gasteiger partial charge in [-0.3, -0.25) is 0 Å². The molecule has 90 valence electrons. The summed E-state index contributed by atoms with van der Waals surface area (Å²) in [5.41, 5.74) is 5.22. The Morgan fingerprint density at radius 3 is 2.62 bits per heavy atom. The predicted octanol–water partition coefficient (Wildman–Crippen LogP) is 1.43. The van der Waals surface area contributed by atoms with Crippen molar-refractivity contribution in [3.8, 4) is 0 Å². The molecule has 1 saturated carbocycles. The zero-order valence-corrected chi connectivity index (χ0v) is 10.8. The molecule has 1 aromatic heterocycles. The normalized spacial score (nSPS) is 19.4. The lowest BCUT2D eigenvalue weighted by Gasteiger charge is -2.38. The SMILES string of the molecule is CC1(NS(=O)(=O)c2ccc(CN)s2)CCC1. The van der Waals surface area contributed by atoms with Crippen molar-refractivity contribution in [1.29, 1.82) is 0 Å². The van der Waals surface area contributed by atoms with Crippen molar-refractivity contribution in [1.82, 2.24) is 4.72 Å². The van der Waals surface area contributed by atoms with Gasteiger partial charge in [0.25, 0.3) is 10.0 Å². The van der Waals surface area contributed by atoms with Gasteiger partial charge in [-0.25, -0.2) is 13.1 Å². The molecule has 6 heteroatoms. The molecule has 1 aliphatic rings. The number of hydrogen-bond acceptors (Lipinski definition) is 4. The first-order chi connectivity index (χ1) is 7.45. The summed E-state index contributed by atoms with van der Waals surface area (Å²) in [6, 6.07) is 3.39. The molecule has 2 rings (SSSR count). The van der Waals surface area contributed by atoms with Crippen LogP contribution in [0.4, 0.5) is 0 Å². The molecule has 0 saturated heterocycles. The van der Waals surface area contributed by atoms with Gasteiger partial charge < -0.3 is 5.73 Å². The number of nitrogens with two attached hydrogens (primary N) is 1. The van der Waals surface area contributed by atoms with E-state index >= 15 is 0 Å². The second kappa shape index (κ2) is 4.10. The fraction of sp³-hybridized carbons (Fsp3) is 0.600. The summed E-state index contributed by atoms with van der Waals surface area (Å²) >= 11 is 1.24. The molecular formula is C10H16N2O2S2. The van der Waals surface area contributed by atoms with E-state index in [0.29, 0.717) is 10.8 Å². The molecule has 0 bridgehead atoms. The van der Waals surface area contributed by atoms with Crippen molar-refractivity contribution in [3.63, 3.8) is 0 Å². The first-order valence-corrected chi connectivity index (χ1v) is 7.58. The summed E-state index contributed by atoms with van der Waals surface area (Å²) in [4.78, 5) is 0.888. The Morgan fingerprint density at radius 1 is 1.50 bits per heavy atom. The Hall–Kier alpha value is -0.430. The maximum absolute atomic E-state index is 12.0. The number of nitrogens with one attached hydrogen (secondary N) is 1. The summed E-state index contributed by atoms with van der Waals surface area (Å²) in [5, 5.41) is 0. The highest BCUT2D eigenvalue weighted by molar-refractivity contribution is 7.91. The molecule has 1 heterocycles. The van der Waals surface area contributed by atoms with E-state index in [0.717, 1.165) is 24.1 Å². The lowest BCUT2D eigenvalue weighted by atomic mass is 9.80. The molecule has 16 heavy (non-hydrogen) atoms. The minimum Gasteiger partial charge on any atom is -0.326 e. The van der Waals surface area contributed by atoms with E-state index in [9.17, 15) is 8.42 Å². The van der Waals surface area contributed by atoms with Crippen LogP contribution in [0, 0.1) is 0 Å². The van der Waals surface area contributed by atoms with Gasteiger partial charge in [-0.2, -0.15) is 0 Å². The zero-order chi connectivity index (χ0) is 11.8. The predicted molar refractivity (Wildman–Crippen MR) is 64.8 cm³/mol. The summed E-state index contributed by atoms with van der Waals surface area (Å²) in [5.74, 6) is 0. The van der Waals surface area contributed by atoms with E-state index in [2.05, 4.69) is 4.72 Å². The van der Waals surface area contributed by atoms with E-state index in [1.807, 2.05) is 6.92 Å². The van der Waals surface area contributed by atoms with Crippen LogP contribution in [0.15, 0.2) is 16.3 Å². The van der Waals surface area contributed by atoms with Gasteiger partial charge in [0.05, 0.1) is 0 Å². The van der Waals surface area contributed by atoms with Crippen LogP contribution in [-0.4, -0.2) is 14.0 Å². The topological polar surface area (TPSA) is 72.2 Å². The third kappa shape index (κ3) is 2.29. The summed E-state index contributed by atoms with van der Waals surface area (Å²) in [7, 11) is -3.36. The lowest BCUT2D eigenvalue weighted by molar-refractivity contribution is 0.248. The first kappa shape index (κ1) is 12.0. The van der Waals surface area contributed by atoms with Crippen LogP contribution in [0.5, 0.6) is 0 Å². The van der Waals surface area contributed by atoms with Gasteiger partial charge in [-0.1, -0.05) is 0 Å². The third-order valence-corrected chi connectivity index (χ3v) is 6.18. The average Bonchev–Trinajstić information content (AvgIpc) is 2.63. The van der Waals surface area contributed by atoms with Crippen LogP contribution < -0.4 is 10.5 Å². The highest BCUT2D eigenvalue weighted by Crippen LogP contribution is 2.33. The molecule has 0 unspecified atom stereocenters. The maximum atomic E-state index is 12.0. The van der Waals surface area contributed by atoms with Crippen molar-refractivity contribution >= 4 is 21.4 Å². The molecule has 0 amide bonds. The Labute approximate surface area is 99.9 Å². The van der Waals surface area contributed by atoms with E-state index in [1.165, 1.54) is 11.3 Å². The van der Waals surface area contributed by atoms with Crippen LogP contribution in [0.2, 0.25) is 0 Å². The van der Waals surface area contributed by atoms with Crippen molar-refractivity contribution in [2.75, 3.05) is 0 Å². The standard InChI is InChI=1S/C10H16N2O2S2/c1-10(5-2-6-10)12-16(13,14)9-4-3-8(7-11)15-9/h3-4,12H,2,5-7,11H2,1H3. The highest BCUT2D eigenvalue weighted by atomic mass is 32.2. The van der Waals surface area contributed by atoms with Gasteiger partial charge in [0, 0.05) is 17.0 Å². The van der Waals surface area contributed by atoms with Crippen molar-refractivity contribution < 1.29 is 8.42 Å². The Kier molecular flexibility index (Phi) is 3.09. The van der Waals surface area contributed by atoms with Gasteiger partial charge in [-0.05, 0) is 38.3 Å². The van der Waals surface area contributed by atoms with Gasteiger partial charge in [0.1, 0.15) is 4.21 Å². The number of hydrogen-bond donors (Lipinski definition) is 2. The van der Waals surface area contributed by atoms with Gasteiger partial charge in [0.15, 0.2) is 0 Å². The number of sulfonamides is 1. The zero-order valence-electron chi connectivity index (χ0n) is 9.19. The number of rotatable bonds is 4. The number of thiophene rings is 1. The van der Waals surface area contributed by atoms with Gasteiger partial charge in [0.2, 0.25) is 0 Å². The van der Waals surface area contributed by atoms with Crippen LogP contribution in [0.25, 0.3) is 0 Å². The van der Waals surface area contributed by atoms with Crippen molar-refractivity contribution in [2.24, 2.45) is 5.73 Å². The van der Waals surface area contributed by atoms with Crippen molar-refractivity contribution in [3.05, 3.63) is 17.0 Å². The quantitative estimate of drug-likeness (QED) is 0.860. The van der Waals surface area contributed by atoms with Crippen LogP contribution in [0.3, 0.4) is 0 Å². The monoisotopic (exact) mass is 260 g/mol. The smallest absolute Gasteiger partial charge is 0.250 e. The Bertz CT molecular complexity index is 475. The van der Waals surface area contributed by atoms with E-state index < -0.39 is 10.0 Å². The summed E-state index contributed by atoms with van der Waals surface area (Å²) in [6.45, 7) is 2.34. The van der Waals surface area contributed by atoms with E-state index in [4.69, 9.17) is 5.73 Å². The molecule has 0 spiro atoms. The van der Waals surface area contributed by atoms with E-state index in [1.54, 1.807) is 12.1 Å². The molecule has 1 fully saturated rings. The minimum absolute atomic E-state index is 0.244. The summed E-state index contributed by atoms with van der Waals surface area (Å²) in [6.07, 6.45) is 2.93. The molecule has 1 aliphatic carbocycles. The second-order valence-electron chi connectivity index (χ2n) is 4.44. The molecular weight excluding hydrogens is 244 g/mol. The Morgan fingerprint density at radius 2 is 2.19 bits per heavy atom. The molecule has 0 atom stereocenters. The van der Waals surface area contributed by atoms with Gasteiger partial charge >= 0.3 is 0 Å². The fourth-order valence-corrected chi connectivity index (χ4v) is 4.50. The molecule has 0 aliphatic heterocycles. The van der Waals surface area contributed by atoms with E-state index in [-0.39, 0.29) is 5.54 Å². The Balaban J connectivity index is 2.18. The van der Waals surface area contributed by atoms with Gasteiger partial charge in [-0.15, -0.1) is 11.3 Å². The first-order valence-electron chi connectivity index (χ1n) is 5.28. The molecule has 0 aromatic carbocycles. The molecule has 1 aromatic rings. The molecule has 0 radical (unpaired) electrons. The highest BCUT2D eigenvalue weighted by Gasteiger charge is 2.36. The minimum atomic E-state index is -3.36. The second-order valence-corrected chi connectivity index (χ2v) is 7.52. The fourth-order valence-electron chi connectivity index (χ4n) is 1.80. The maximum Gasteiger partial charge on any atom is 0.250 e. The van der Waals surface area contributed by atoms with Crippen LogP contribution in [-0.2, 0) is 16.6 Å².